The van der Waals surface area contributed by atoms with E-state index in [4.69, 9.17) is 4.74 Å². The highest BCUT2D eigenvalue weighted by atomic mass is 32.2. The van der Waals surface area contributed by atoms with Crippen molar-refractivity contribution < 1.29 is 29.3 Å². The molecule has 3 N–H and O–H groups in total. The Kier molecular flexibility index (Phi) is 4.61. The average molecular weight is 366 g/mol. The number of benzene rings is 1. The van der Waals surface area contributed by atoms with E-state index in [1.807, 2.05) is 6.07 Å². The van der Waals surface area contributed by atoms with Crippen molar-refractivity contribution in [3.63, 3.8) is 0 Å². The molecule has 2 fully saturated rings. The predicted molar refractivity (Wildman–Crippen MR) is 89.0 cm³/mol. The minimum absolute atomic E-state index is 0.245. The fourth-order valence-corrected chi connectivity index (χ4v) is 4.67. The minimum atomic E-state index is -1.17. The van der Waals surface area contributed by atoms with Crippen LogP contribution >= 0.6 is 11.8 Å². The van der Waals surface area contributed by atoms with E-state index < -0.39 is 40.0 Å². The number of aliphatic hydroxyl groups is 1. The summed E-state index contributed by atoms with van der Waals surface area (Å²) in [4.78, 5) is 37.0. The van der Waals surface area contributed by atoms with Gasteiger partial charge >= 0.3 is 5.97 Å². The van der Waals surface area contributed by atoms with Crippen LogP contribution < -0.4 is 10.1 Å². The monoisotopic (exact) mass is 366 g/mol. The van der Waals surface area contributed by atoms with Gasteiger partial charge in [-0.15, -0.1) is 11.8 Å². The zero-order chi connectivity index (χ0) is 18.2. The Hall–Kier alpha value is -2.26. The standard InChI is InChI=1S/C16H18N2O6S/c1-16(8-19)12(15(22)23)18-13(21)11(14(18)25-16)17-10(20)7-24-9-5-3-2-4-6-9/h2-6,11-12,14,19H,7-8H2,1H3,(H,17,20)(H,22,23)/t11-,12+,14-,16?/m1/s1. The number of nitrogens with one attached hydrogen (secondary N) is 1. The molecule has 2 aliphatic rings. The largest absolute Gasteiger partial charge is 0.484 e. The Bertz CT molecular complexity index is 699. The van der Waals surface area contributed by atoms with E-state index in [-0.39, 0.29) is 13.2 Å². The van der Waals surface area contributed by atoms with E-state index in [0.717, 1.165) is 0 Å². The zero-order valence-corrected chi connectivity index (χ0v) is 14.2. The number of hydrogen-bond acceptors (Lipinski definition) is 6. The van der Waals surface area contributed by atoms with Crippen molar-refractivity contribution in [2.75, 3.05) is 13.2 Å². The van der Waals surface area contributed by atoms with Gasteiger partial charge in [0.25, 0.3) is 5.91 Å². The molecule has 3 rings (SSSR count). The topological polar surface area (TPSA) is 116 Å². The highest BCUT2D eigenvalue weighted by Crippen LogP contribution is 2.50. The van der Waals surface area contributed by atoms with Crippen LogP contribution in [0.25, 0.3) is 0 Å². The highest BCUT2D eigenvalue weighted by molar-refractivity contribution is 8.01. The summed E-state index contributed by atoms with van der Waals surface area (Å²) in [5.41, 5.74) is 0. The first-order chi connectivity index (χ1) is 11.9. The Morgan fingerprint density at radius 2 is 2.04 bits per heavy atom. The molecule has 0 radical (unpaired) electrons. The fraction of sp³-hybridized carbons (Fsp3) is 0.438. The molecule has 2 heterocycles. The molecule has 9 heteroatoms. The Morgan fingerprint density at radius 3 is 2.64 bits per heavy atom. The molecule has 1 aromatic carbocycles. The SMILES string of the molecule is CC1(CO)S[C@@H]2[C@H](NC(=O)COc3ccccc3)C(=O)N2[C@H]1C(=O)O. The third-order valence-corrected chi connectivity index (χ3v) is 5.94. The van der Waals surface area contributed by atoms with Gasteiger partial charge in [-0.1, -0.05) is 18.2 Å². The molecular weight excluding hydrogens is 348 g/mol. The summed E-state index contributed by atoms with van der Waals surface area (Å²) in [7, 11) is 0. The van der Waals surface area contributed by atoms with Crippen LogP contribution in [0.1, 0.15) is 6.92 Å². The number of fused-ring (bicyclic) bond motifs is 1. The molecule has 4 atom stereocenters. The van der Waals surface area contributed by atoms with Gasteiger partial charge in [0, 0.05) is 0 Å². The molecular formula is C16H18N2O6S. The fourth-order valence-electron chi connectivity index (χ4n) is 3.04. The molecule has 0 bridgehead atoms. The van der Waals surface area contributed by atoms with Crippen LogP contribution in [0.3, 0.4) is 0 Å². The number of carboxylic acid groups (broad SMARTS) is 1. The lowest BCUT2D eigenvalue weighted by molar-refractivity contribution is -0.161. The molecule has 2 amide bonds. The van der Waals surface area contributed by atoms with Crippen LogP contribution in [-0.2, 0) is 14.4 Å². The van der Waals surface area contributed by atoms with Crippen molar-refractivity contribution in [2.24, 2.45) is 0 Å². The Balaban J connectivity index is 1.61. The van der Waals surface area contributed by atoms with Gasteiger partial charge < -0.3 is 25.2 Å². The molecule has 2 aliphatic heterocycles. The van der Waals surface area contributed by atoms with Crippen molar-refractivity contribution in [2.45, 2.75) is 29.1 Å². The molecule has 0 aromatic heterocycles. The van der Waals surface area contributed by atoms with E-state index in [0.29, 0.717) is 5.75 Å². The Labute approximate surface area is 148 Å². The van der Waals surface area contributed by atoms with Crippen molar-refractivity contribution in [3.05, 3.63) is 30.3 Å². The molecule has 134 valence electrons. The third kappa shape index (κ3) is 3.05. The number of carbonyl (C=O) groups excluding carboxylic acids is 2. The maximum Gasteiger partial charge on any atom is 0.328 e. The van der Waals surface area contributed by atoms with Crippen LogP contribution in [0.2, 0.25) is 0 Å². The van der Waals surface area contributed by atoms with Crippen molar-refractivity contribution >= 4 is 29.5 Å². The number of carboxylic acids is 1. The van der Waals surface area contributed by atoms with Gasteiger partial charge in [0.05, 0.1) is 11.4 Å². The van der Waals surface area contributed by atoms with Gasteiger partial charge in [0.2, 0.25) is 5.91 Å². The van der Waals surface area contributed by atoms with Gasteiger partial charge in [-0.2, -0.15) is 0 Å². The molecule has 8 nitrogen and oxygen atoms in total. The predicted octanol–water partition coefficient (Wildman–Crippen LogP) is -0.331. The molecule has 2 saturated heterocycles. The van der Waals surface area contributed by atoms with Crippen LogP contribution in [0.4, 0.5) is 0 Å². The second kappa shape index (κ2) is 6.57. The number of carbonyl (C=O) groups is 3. The first-order valence-electron chi connectivity index (χ1n) is 7.68. The second-order valence-electron chi connectivity index (χ2n) is 6.11. The van der Waals surface area contributed by atoms with Gasteiger partial charge in [0.15, 0.2) is 6.61 Å². The number of β-lactam (4-membered cyclic amide) rings is 1. The number of amides is 2. The van der Waals surface area contributed by atoms with E-state index >= 15 is 0 Å². The zero-order valence-electron chi connectivity index (χ0n) is 13.4. The van der Waals surface area contributed by atoms with Crippen LogP contribution in [-0.4, -0.2) is 68.3 Å². The van der Waals surface area contributed by atoms with E-state index in [2.05, 4.69) is 5.32 Å². The van der Waals surface area contributed by atoms with Crippen molar-refractivity contribution in [3.8, 4) is 5.75 Å². The van der Waals surface area contributed by atoms with E-state index in [1.165, 1.54) is 16.7 Å². The number of thioether (sulfide) groups is 1. The van der Waals surface area contributed by atoms with E-state index in [9.17, 15) is 24.6 Å². The number of aliphatic hydroxyl groups excluding tert-OH is 1. The molecule has 1 aromatic rings. The van der Waals surface area contributed by atoms with Gasteiger partial charge in [-0.3, -0.25) is 9.59 Å². The first kappa shape index (κ1) is 17.6. The number of para-hydroxylation sites is 1. The van der Waals surface area contributed by atoms with Gasteiger partial charge in [-0.25, -0.2) is 4.79 Å². The highest BCUT2D eigenvalue weighted by Gasteiger charge is 2.65. The summed E-state index contributed by atoms with van der Waals surface area (Å²) in [6, 6.07) is 6.86. The molecule has 0 spiro atoms. The van der Waals surface area contributed by atoms with Crippen LogP contribution in [0.5, 0.6) is 5.75 Å². The number of hydrogen-bond donors (Lipinski definition) is 3. The molecule has 0 aliphatic carbocycles. The Morgan fingerprint density at radius 1 is 1.36 bits per heavy atom. The third-order valence-electron chi connectivity index (χ3n) is 4.30. The number of nitrogens with zero attached hydrogens (tertiary/aromatic N) is 1. The van der Waals surface area contributed by atoms with Gasteiger partial charge in [0.1, 0.15) is 23.2 Å². The second-order valence-corrected chi connectivity index (χ2v) is 7.76. The van der Waals surface area contributed by atoms with Crippen LogP contribution in [0, 0.1) is 0 Å². The lowest BCUT2D eigenvalue weighted by Gasteiger charge is -2.43. The quantitative estimate of drug-likeness (QED) is 0.590. The molecule has 0 saturated carbocycles. The van der Waals surface area contributed by atoms with Gasteiger partial charge in [-0.05, 0) is 19.1 Å². The average Bonchev–Trinajstić information content (AvgIpc) is 2.89. The van der Waals surface area contributed by atoms with Crippen molar-refractivity contribution in [1.29, 1.82) is 0 Å². The number of aliphatic carboxylic acids is 1. The van der Waals surface area contributed by atoms with E-state index in [1.54, 1.807) is 31.2 Å². The summed E-state index contributed by atoms with van der Waals surface area (Å²) < 4.78 is 4.32. The molecule has 25 heavy (non-hydrogen) atoms. The smallest absolute Gasteiger partial charge is 0.328 e. The molecule has 1 unspecified atom stereocenters. The summed E-state index contributed by atoms with van der Waals surface area (Å²) in [6.07, 6.45) is 0. The van der Waals surface area contributed by atoms with Crippen LogP contribution in [0.15, 0.2) is 30.3 Å². The minimum Gasteiger partial charge on any atom is -0.484 e. The maximum atomic E-state index is 12.3. The summed E-state index contributed by atoms with van der Waals surface area (Å²) in [6.45, 7) is 0.969. The summed E-state index contributed by atoms with van der Waals surface area (Å²) in [5.74, 6) is -1.56. The lowest BCUT2D eigenvalue weighted by Crippen LogP contribution is -2.71. The lowest BCUT2D eigenvalue weighted by atomic mass is 9.95. The number of rotatable bonds is 6. The number of ether oxygens (including phenoxy) is 1. The van der Waals surface area contributed by atoms with Crippen molar-refractivity contribution in [1.82, 2.24) is 10.2 Å². The summed E-state index contributed by atoms with van der Waals surface area (Å²) in [5, 5.41) is 21.0. The normalized spacial score (nSPS) is 30.4. The maximum absolute atomic E-state index is 12.3. The summed E-state index contributed by atoms with van der Waals surface area (Å²) >= 11 is 1.19. The first-order valence-corrected chi connectivity index (χ1v) is 8.56.